The molecule has 0 saturated carbocycles. The van der Waals surface area contributed by atoms with Crippen LogP contribution in [0.15, 0.2) is 24.3 Å². The van der Waals surface area contributed by atoms with Crippen LogP contribution in [0.1, 0.15) is 45.4 Å². The van der Waals surface area contributed by atoms with Crippen LogP contribution in [0.2, 0.25) is 5.02 Å². The predicted molar refractivity (Wildman–Crippen MR) is 86.5 cm³/mol. The van der Waals surface area contributed by atoms with Crippen LogP contribution in [0.3, 0.4) is 0 Å². The van der Waals surface area contributed by atoms with Crippen LogP contribution in [-0.2, 0) is 9.59 Å². The minimum absolute atomic E-state index is 0.412. The lowest BCUT2D eigenvalue weighted by Gasteiger charge is -2.07. The zero-order chi connectivity index (χ0) is 15.5. The summed E-state index contributed by atoms with van der Waals surface area (Å²) in [6.45, 7) is 2.71. The third kappa shape index (κ3) is 7.14. The molecule has 0 radical (unpaired) electrons. The number of amides is 2. The Morgan fingerprint density at radius 2 is 1.67 bits per heavy atom. The summed E-state index contributed by atoms with van der Waals surface area (Å²) in [6, 6.07) is 6.82. The third-order valence-corrected chi connectivity index (χ3v) is 3.47. The fourth-order valence-electron chi connectivity index (χ4n) is 1.93. The van der Waals surface area contributed by atoms with E-state index in [-0.39, 0.29) is 0 Å². The number of rotatable bonds is 8. The number of anilines is 1. The van der Waals surface area contributed by atoms with Crippen LogP contribution in [0, 0.1) is 0 Å². The smallest absolute Gasteiger partial charge is 0.313 e. The van der Waals surface area contributed by atoms with Gasteiger partial charge in [-0.2, -0.15) is 0 Å². The lowest BCUT2D eigenvalue weighted by atomic mass is 10.1. The topological polar surface area (TPSA) is 58.2 Å². The Bertz CT molecular complexity index is 463. The van der Waals surface area contributed by atoms with Gasteiger partial charge in [-0.05, 0) is 18.6 Å². The highest BCUT2D eigenvalue weighted by atomic mass is 35.5. The Morgan fingerprint density at radius 1 is 1.00 bits per heavy atom. The number of hydrogen-bond donors (Lipinski definition) is 2. The van der Waals surface area contributed by atoms with Crippen molar-refractivity contribution in [2.24, 2.45) is 0 Å². The first-order valence-electron chi connectivity index (χ1n) is 7.49. The Kier molecular flexibility index (Phi) is 8.51. The Labute approximate surface area is 131 Å². The van der Waals surface area contributed by atoms with Gasteiger partial charge >= 0.3 is 11.8 Å². The van der Waals surface area contributed by atoms with E-state index in [9.17, 15) is 9.59 Å². The Morgan fingerprint density at radius 3 is 2.38 bits per heavy atom. The van der Waals surface area contributed by atoms with Crippen molar-refractivity contribution in [3.05, 3.63) is 29.3 Å². The predicted octanol–water partition coefficient (Wildman–Crippen LogP) is 3.76. The van der Waals surface area contributed by atoms with Crippen LogP contribution in [0.25, 0.3) is 0 Å². The highest BCUT2D eigenvalue weighted by Crippen LogP contribution is 2.20. The second-order valence-corrected chi connectivity index (χ2v) is 5.36. The van der Waals surface area contributed by atoms with E-state index >= 15 is 0 Å². The first kappa shape index (κ1) is 17.5. The molecule has 0 bridgehead atoms. The summed E-state index contributed by atoms with van der Waals surface area (Å²) in [5.41, 5.74) is 0.443. The van der Waals surface area contributed by atoms with E-state index < -0.39 is 11.8 Å². The van der Waals surface area contributed by atoms with Crippen molar-refractivity contribution in [2.75, 3.05) is 11.9 Å². The molecule has 0 aliphatic heterocycles. The number of unbranched alkanes of at least 4 members (excludes halogenated alkanes) is 5. The molecule has 0 fully saturated rings. The first-order chi connectivity index (χ1) is 10.1. The van der Waals surface area contributed by atoms with E-state index in [1.54, 1.807) is 24.3 Å². The van der Waals surface area contributed by atoms with Gasteiger partial charge in [0.2, 0.25) is 0 Å². The Balaban J connectivity index is 2.20. The second-order valence-electron chi connectivity index (χ2n) is 4.96. The van der Waals surface area contributed by atoms with Crippen molar-refractivity contribution >= 4 is 29.1 Å². The average Bonchev–Trinajstić information content (AvgIpc) is 2.48. The number of halogens is 1. The van der Waals surface area contributed by atoms with E-state index in [2.05, 4.69) is 17.6 Å². The molecule has 4 nitrogen and oxygen atoms in total. The van der Waals surface area contributed by atoms with Crippen LogP contribution >= 0.6 is 11.6 Å². The van der Waals surface area contributed by atoms with Gasteiger partial charge in [0.1, 0.15) is 0 Å². The van der Waals surface area contributed by atoms with Gasteiger partial charge in [0.05, 0.1) is 10.7 Å². The van der Waals surface area contributed by atoms with Crippen LogP contribution in [0.5, 0.6) is 0 Å². The molecule has 0 unspecified atom stereocenters. The van der Waals surface area contributed by atoms with Gasteiger partial charge in [-0.3, -0.25) is 9.59 Å². The van der Waals surface area contributed by atoms with Gasteiger partial charge in [0, 0.05) is 6.54 Å². The van der Waals surface area contributed by atoms with E-state index in [1.165, 1.54) is 25.7 Å². The van der Waals surface area contributed by atoms with Gasteiger partial charge in [0.15, 0.2) is 0 Å². The SMILES string of the molecule is CCCCCCCCNC(=O)C(=O)Nc1ccccc1Cl. The van der Waals surface area contributed by atoms with Crippen molar-refractivity contribution in [3.8, 4) is 0 Å². The molecule has 0 aliphatic rings. The molecule has 116 valence electrons. The minimum Gasteiger partial charge on any atom is -0.348 e. The number of benzene rings is 1. The van der Waals surface area contributed by atoms with Crippen LogP contribution in [0.4, 0.5) is 5.69 Å². The summed E-state index contributed by atoms with van der Waals surface area (Å²) in [7, 11) is 0. The van der Waals surface area contributed by atoms with Crippen molar-refractivity contribution in [1.82, 2.24) is 5.32 Å². The number of carbonyl (C=O) groups is 2. The zero-order valence-electron chi connectivity index (χ0n) is 12.5. The second kappa shape index (κ2) is 10.2. The molecule has 1 aromatic carbocycles. The van der Waals surface area contributed by atoms with Gasteiger partial charge in [-0.15, -0.1) is 0 Å². The number of para-hydroxylation sites is 1. The van der Waals surface area contributed by atoms with E-state index in [4.69, 9.17) is 11.6 Å². The summed E-state index contributed by atoms with van der Waals surface area (Å²) in [6.07, 6.45) is 6.86. The largest absolute Gasteiger partial charge is 0.348 e. The maximum atomic E-state index is 11.7. The lowest BCUT2D eigenvalue weighted by molar-refractivity contribution is -0.136. The normalized spacial score (nSPS) is 10.2. The first-order valence-corrected chi connectivity index (χ1v) is 7.86. The van der Waals surface area contributed by atoms with E-state index in [1.807, 2.05) is 0 Å². The summed E-state index contributed by atoms with van der Waals surface area (Å²) in [5, 5.41) is 5.53. The molecule has 0 spiro atoms. The molecule has 0 aliphatic carbocycles. The molecule has 1 aromatic rings. The number of hydrogen-bond acceptors (Lipinski definition) is 2. The summed E-state index contributed by atoms with van der Waals surface area (Å²) in [4.78, 5) is 23.3. The molecule has 5 heteroatoms. The van der Waals surface area contributed by atoms with Crippen LogP contribution < -0.4 is 10.6 Å². The summed E-state index contributed by atoms with van der Waals surface area (Å²) < 4.78 is 0. The third-order valence-electron chi connectivity index (χ3n) is 3.14. The molecule has 2 N–H and O–H groups in total. The maximum absolute atomic E-state index is 11.7. The van der Waals surface area contributed by atoms with Crippen LogP contribution in [-0.4, -0.2) is 18.4 Å². The molecule has 0 aromatic heterocycles. The fraction of sp³-hybridized carbons (Fsp3) is 0.500. The highest BCUT2D eigenvalue weighted by Gasteiger charge is 2.13. The van der Waals surface area contributed by atoms with Crippen molar-refractivity contribution in [2.45, 2.75) is 45.4 Å². The van der Waals surface area contributed by atoms with Crippen molar-refractivity contribution in [3.63, 3.8) is 0 Å². The van der Waals surface area contributed by atoms with Gasteiger partial charge in [-0.25, -0.2) is 0 Å². The minimum atomic E-state index is -0.686. The summed E-state index contributed by atoms with van der Waals surface area (Å²) >= 11 is 5.91. The number of carbonyl (C=O) groups excluding carboxylic acids is 2. The lowest BCUT2D eigenvalue weighted by Crippen LogP contribution is -2.35. The van der Waals surface area contributed by atoms with Crippen molar-refractivity contribution in [1.29, 1.82) is 0 Å². The number of nitrogens with one attached hydrogen (secondary N) is 2. The quantitative estimate of drug-likeness (QED) is 0.567. The van der Waals surface area contributed by atoms with E-state index in [0.29, 0.717) is 17.3 Å². The fourth-order valence-corrected chi connectivity index (χ4v) is 2.11. The highest BCUT2D eigenvalue weighted by molar-refractivity contribution is 6.41. The molecule has 0 atom stereocenters. The Hall–Kier alpha value is -1.55. The van der Waals surface area contributed by atoms with Gasteiger partial charge in [-0.1, -0.05) is 62.8 Å². The standard InChI is InChI=1S/C16H23ClN2O2/c1-2-3-4-5-6-9-12-18-15(20)16(21)19-14-11-8-7-10-13(14)17/h7-8,10-11H,2-6,9,12H2,1H3,(H,18,20)(H,19,21). The average molecular weight is 311 g/mol. The molecule has 0 saturated heterocycles. The van der Waals surface area contributed by atoms with E-state index in [0.717, 1.165) is 12.8 Å². The van der Waals surface area contributed by atoms with Gasteiger partial charge < -0.3 is 10.6 Å². The molecular weight excluding hydrogens is 288 g/mol. The monoisotopic (exact) mass is 310 g/mol. The zero-order valence-corrected chi connectivity index (χ0v) is 13.2. The van der Waals surface area contributed by atoms with Crippen molar-refractivity contribution < 1.29 is 9.59 Å². The molecular formula is C16H23ClN2O2. The molecule has 0 heterocycles. The maximum Gasteiger partial charge on any atom is 0.313 e. The molecule has 2 amide bonds. The van der Waals surface area contributed by atoms with Gasteiger partial charge in [0.25, 0.3) is 0 Å². The summed E-state index contributed by atoms with van der Waals surface area (Å²) in [5.74, 6) is -1.31. The molecule has 21 heavy (non-hydrogen) atoms. The molecule has 1 rings (SSSR count).